The number of hydrogen-bond donors (Lipinski definition) is 2. The summed E-state index contributed by atoms with van der Waals surface area (Å²) in [6.07, 6.45) is 2.10. The van der Waals surface area contributed by atoms with Gasteiger partial charge in [-0.25, -0.2) is 0 Å². The van der Waals surface area contributed by atoms with E-state index >= 15 is 0 Å². The van der Waals surface area contributed by atoms with Crippen molar-refractivity contribution < 1.29 is 4.79 Å². The standard InChI is InChI=1S/C20H24N4O3/c25-18-8-16(20(27)22-21-18)9-19(26)24-12-15-6-7-17(24)13-23(11-15)10-14-4-2-1-3-5-14/h1-5,8,15,17H,6-7,9-13H2,(H,21,25)(H,22,27)/t15-,17+/m0/s1. The molecule has 0 aliphatic carbocycles. The number of hydrogen-bond acceptors (Lipinski definition) is 4. The van der Waals surface area contributed by atoms with E-state index in [9.17, 15) is 14.4 Å². The summed E-state index contributed by atoms with van der Waals surface area (Å²) in [5.41, 5.74) is 0.703. The normalized spacial score (nSPS) is 22.6. The van der Waals surface area contributed by atoms with Gasteiger partial charge in [-0.3, -0.25) is 29.5 Å². The molecule has 7 nitrogen and oxygen atoms in total. The van der Waals surface area contributed by atoms with Gasteiger partial charge in [0.2, 0.25) is 5.91 Å². The summed E-state index contributed by atoms with van der Waals surface area (Å²) in [5, 5.41) is 4.52. The smallest absolute Gasteiger partial charge is 0.266 e. The predicted octanol–water partition coefficient (Wildman–Crippen LogP) is 0.729. The van der Waals surface area contributed by atoms with Crippen LogP contribution in [0.3, 0.4) is 0 Å². The molecule has 0 spiro atoms. The average molecular weight is 368 g/mol. The fourth-order valence-corrected chi connectivity index (χ4v) is 4.31. The van der Waals surface area contributed by atoms with Crippen LogP contribution in [0.5, 0.6) is 0 Å². The van der Waals surface area contributed by atoms with Crippen molar-refractivity contribution in [2.24, 2.45) is 5.92 Å². The van der Waals surface area contributed by atoms with Crippen LogP contribution >= 0.6 is 0 Å². The van der Waals surface area contributed by atoms with Crippen LogP contribution < -0.4 is 11.1 Å². The molecule has 4 heterocycles. The van der Waals surface area contributed by atoms with Gasteiger partial charge in [-0.2, -0.15) is 0 Å². The molecule has 142 valence electrons. The fourth-order valence-electron chi connectivity index (χ4n) is 4.31. The molecule has 1 aromatic carbocycles. The number of benzene rings is 1. The average Bonchev–Trinajstić information content (AvgIpc) is 2.96. The topological polar surface area (TPSA) is 89.3 Å². The predicted molar refractivity (Wildman–Crippen MR) is 101 cm³/mol. The molecule has 3 aliphatic rings. The summed E-state index contributed by atoms with van der Waals surface area (Å²) in [6.45, 7) is 3.46. The van der Waals surface area contributed by atoms with Gasteiger partial charge >= 0.3 is 0 Å². The fraction of sp³-hybridized carbons (Fsp3) is 0.450. The molecule has 0 unspecified atom stereocenters. The van der Waals surface area contributed by atoms with Gasteiger partial charge in [0, 0.05) is 43.9 Å². The van der Waals surface area contributed by atoms with Crippen LogP contribution in [0.2, 0.25) is 0 Å². The van der Waals surface area contributed by atoms with Gasteiger partial charge in [0.15, 0.2) is 0 Å². The maximum absolute atomic E-state index is 12.9. The Bertz CT molecular complexity index is 921. The van der Waals surface area contributed by atoms with E-state index < -0.39 is 11.1 Å². The van der Waals surface area contributed by atoms with Crippen LogP contribution in [0.4, 0.5) is 0 Å². The zero-order valence-electron chi connectivity index (χ0n) is 15.2. The Kier molecular flexibility index (Phi) is 4.94. The molecule has 2 atom stereocenters. The van der Waals surface area contributed by atoms with E-state index in [0.29, 0.717) is 5.92 Å². The molecule has 0 saturated carbocycles. The SMILES string of the molecule is O=C(Cc1cc(=O)[nH][nH]c1=O)N1C[C@H]2CC[C@@H]1CN(Cc1ccccc1)C2. The van der Waals surface area contributed by atoms with Crippen molar-refractivity contribution >= 4 is 5.91 Å². The molecule has 2 aromatic rings. The van der Waals surface area contributed by atoms with Crippen molar-refractivity contribution in [1.29, 1.82) is 0 Å². The second-order valence-corrected chi connectivity index (χ2v) is 7.61. The van der Waals surface area contributed by atoms with Gasteiger partial charge in [0.1, 0.15) is 0 Å². The molecule has 0 radical (unpaired) electrons. The van der Waals surface area contributed by atoms with Gasteiger partial charge < -0.3 is 4.90 Å². The Labute approximate surface area is 157 Å². The van der Waals surface area contributed by atoms with Crippen LogP contribution in [-0.4, -0.2) is 51.6 Å². The zero-order valence-corrected chi connectivity index (χ0v) is 15.2. The number of amides is 1. The van der Waals surface area contributed by atoms with Gasteiger partial charge in [0.25, 0.3) is 11.1 Å². The number of carbonyl (C=O) groups excluding carboxylic acids is 1. The Balaban J connectivity index is 1.47. The number of carbonyl (C=O) groups is 1. The second-order valence-electron chi connectivity index (χ2n) is 7.61. The molecule has 3 saturated heterocycles. The van der Waals surface area contributed by atoms with Crippen LogP contribution in [0, 0.1) is 5.92 Å². The largest absolute Gasteiger partial charge is 0.338 e. The summed E-state index contributed by atoms with van der Waals surface area (Å²) in [7, 11) is 0. The molecular weight excluding hydrogens is 344 g/mol. The highest BCUT2D eigenvalue weighted by Gasteiger charge is 2.37. The monoisotopic (exact) mass is 368 g/mol. The number of rotatable bonds is 4. The highest BCUT2D eigenvalue weighted by Crippen LogP contribution is 2.29. The summed E-state index contributed by atoms with van der Waals surface area (Å²) in [6, 6.07) is 11.8. The molecule has 1 aromatic heterocycles. The molecule has 3 fully saturated rings. The van der Waals surface area contributed by atoms with Gasteiger partial charge in [-0.1, -0.05) is 30.3 Å². The number of H-pyrrole nitrogens is 2. The maximum atomic E-state index is 12.9. The number of aromatic amines is 2. The molecule has 7 heteroatoms. The van der Waals surface area contributed by atoms with Crippen molar-refractivity contribution in [3.05, 3.63) is 68.2 Å². The molecule has 3 aliphatic heterocycles. The van der Waals surface area contributed by atoms with Crippen molar-refractivity contribution in [2.45, 2.75) is 31.8 Å². The van der Waals surface area contributed by atoms with Gasteiger partial charge in [-0.15, -0.1) is 0 Å². The Morgan fingerprint density at radius 1 is 1.04 bits per heavy atom. The van der Waals surface area contributed by atoms with Crippen LogP contribution in [0.15, 0.2) is 46.0 Å². The van der Waals surface area contributed by atoms with Crippen molar-refractivity contribution in [3.8, 4) is 0 Å². The third-order valence-electron chi connectivity index (χ3n) is 5.60. The molecule has 27 heavy (non-hydrogen) atoms. The number of nitrogens with one attached hydrogen (secondary N) is 2. The number of nitrogens with zero attached hydrogens (tertiary/aromatic N) is 2. The summed E-state index contributed by atoms with van der Waals surface area (Å²) < 4.78 is 0. The minimum absolute atomic E-state index is 0.0266. The Hall–Kier alpha value is -2.67. The molecule has 2 N–H and O–H groups in total. The lowest BCUT2D eigenvalue weighted by molar-refractivity contribution is -0.134. The van der Waals surface area contributed by atoms with Crippen LogP contribution in [0.25, 0.3) is 0 Å². The van der Waals surface area contributed by atoms with E-state index in [1.54, 1.807) is 0 Å². The zero-order chi connectivity index (χ0) is 18.8. The van der Waals surface area contributed by atoms with E-state index in [1.807, 2.05) is 11.0 Å². The summed E-state index contributed by atoms with van der Waals surface area (Å²) in [4.78, 5) is 40.6. The maximum Gasteiger partial charge on any atom is 0.266 e. The molecular formula is C20H24N4O3. The summed E-state index contributed by atoms with van der Waals surface area (Å²) in [5.74, 6) is 0.385. The lowest BCUT2D eigenvalue weighted by Crippen LogP contribution is -2.48. The molecule has 2 bridgehead atoms. The van der Waals surface area contributed by atoms with E-state index in [4.69, 9.17) is 0 Å². The molecule has 1 amide bonds. The minimum atomic E-state index is -0.409. The van der Waals surface area contributed by atoms with E-state index in [1.165, 1.54) is 11.6 Å². The first-order valence-corrected chi connectivity index (χ1v) is 9.45. The highest BCUT2D eigenvalue weighted by molar-refractivity contribution is 5.79. The second kappa shape index (κ2) is 7.52. The van der Waals surface area contributed by atoms with Crippen molar-refractivity contribution in [3.63, 3.8) is 0 Å². The molecule has 5 rings (SSSR count). The lowest BCUT2D eigenvalue weighted by atomic mass is 9.94. The third kappa shape index (κ3) is 4.03. The quantitative estimate of drug-likeness (QED) is 0.833. The van der Waals surface area contributed by atoms with Gasteiger partial charge in [-0.05, 0) is 24.3 Å². The first-order chi connectivity index (χ1) is 13.1. The lowest BCUT2D eigenvalue weighted by Gasteiger charge is -2.36. The first-order valence-electron chi connectivity index (χ1n) is 9.45. The van der Waals surface area contributed by atoms with E-state index in [2.05, 4.69) is 39.4 Å². The van der Waals surface area contributed by atoms with E-state index in [0.717, 1.165) is 39.0 Å². The van der Waals surface area contributed by atoms with Crippen molar-refractivity contribution in [2.75, 3.05) is 19.6 Å². The highest BCUT2D eigenvalue weighted by atomic mass is 16.2. The van der Waals surface area contributed by atoms with Crippen LogP contribution in [0.1, 0.15) is 24.0 Å². The Morgan fingerprint density at radius 3 is 2.67 bits per heavy atom. The number of piperidine rings is 1. The van der Waals surface area contributed by atoms with Crippen LogP contribution in [-0.2, 0) is 17.8 Å². The number of aromatic nitrogens is 2. The van der Waals surface area contributed by atoms with E-state index in [-0.39, 0.29) is 23.9 Å². The third-order valence-corrected chi connectivity index (χ3v) is 5.60. The summed E-state index contributed by atoms with van der Waals surface area (Å²) >= 11 is 0. The van der Waals surface area contributed by atoms with Gasteiger partial charge in [0.05, 0.1) is 6.42 Å². The Morgan fingerprint density at radius 2 is 1.85 bits per heavy atom. The number of fused-ring (bicyclic) bond motifs is 4. The minimum Gasteiger partial charge on any atom is -0.338 e. The first kappa shape index (κ1) is 17.7. The van der Waals surface area contributed by atoms with Crippen molar-refractivity contribution in [1.82, 2.24) is 20.0 Å².